The highest BCUT2D eigenvalue weighted by atomic mass is 32.2. The maximum Gasteiger partial charge on any atom is 0.416 e. The van der Waals surface area contributed by atoms with Gasteiger partial charge in [0.25, 0.3) is 23.6 Å². The number of nitrogens with zero attached hydrogens (tertiary/aromatic N) is 17. The second kappa shape index (κ2) is 43.0. The van der Waals surface area contributed by atoms with E-state index in [0.29, 0.717) is 111 Å². The molecule has 42 heteroatoms. The van der Waals surface area contributed by atoms with Crippen LogP contribution in [0.4, 0.5) is 22.0 Å². The number of thiophene rings is 1. The summed E-state index contributed by atoms with van der Waals surface area (Å²) in [5.41, 5.74) is 12.1. The van der Waals surface area contributed by atoms with Gasteiger partial charge in [-0.3, -0.25) is 48.3 Å². The number of carbonyl (C=O) groups excluding carboxylic acids is 4. The van der Waals surface area contributed by atoms with Crippen molar-refractivity contribution in [2.75, 3.05) is 54.5 Å². The topological polar surface area (TPSA) is 262 Å². The lowest BCUT2D eigenvalue weighted by atomic mass is 10.0. The van der Waals surface area contributed by atoms with Crippen LogP contribution in [-0.4, -0.2) is 193 Å². The Hall–Kier alpha value is -12.9. The highest BCUT2D eigenvalue weighted by Crippen LogP contribution is 2.41. The maximum absolute atomic E-state index is 14.2. The van der Waals surface area contributed by atoms with Crippen LogP contribution in [-0.2, 0) is 47.2 Å². The number of thioether (sulfide) groups is 4. The molecule has 0 bridgehead atoms. The van der Waals surface area contributed by atoms with Crippen LogP contribution in [0.5, 0.6) is 5.88 Å². The third-order valence-corrected chi connectivity index (χ3v) is 31.4. The van der Waals surface area contributed by atoms with Crippen LogP contribution in [0.15, 0.2) is 295 Å². The van der Waals surface area contributed by atoms with Crippen LogP contribution in [0, 0.1) is 15.6 Å². The Morgan fingerprint density at radius 1 is 0.471 bits per heavy atom. The van der Waals surface area contributed by atoms with Crippen molar-refractivity contribution in [3.05, 3.63) is 334 Å². The zero-order valence-corrected chi connectivity index (χ0v) is 82.5. The van der Waals surface area contributed by atoms with E-state index in [-0.39, 0.29) is 40.1 Å². The fourth-order valence-corrected chi connectivity index (χ4v) is 21.9. The van der Waals surface area contributed by atoms with Crippen molar-refractivity contribution >= 4 is 224 Å². The Kier molecular flexibility index (Phi) is 30.6. The number of rotatable bonds is 16. The van der Waals surface area contributed by atoms with Crippen LogP contribution in [0.3, 0.4) is 0 Å². The number of morpholine rings is 1. The van der Waals surface area contributed by atoms with Gasteiger partial charge in [0.05, 0.1) is 87.7 Å². The molecule has 25 nitrogen and oxygen atoms in total. The van der Waals surface area contributed by atoms with E-state index in [1.807, 2.05) is 185 Å². The van der Waals surface area contributed by atoms with Crippen LogP contribution in [0.1, 0.15) is 38.3 Å². The van der Waals surface area contributed by atoms with Crippen molar-refractivity contribution < 1.29 is 59.4 Å². The molecule has 7 aromatic heterocycles. The second-order valence-electron chi connectivity index (χ2n) is 30.2. The standard InChI is InChI=1S/C24H22N4O4S3.C20H15N3OS2.C19H12F2N4OS2.C18H13N3OS3.C15H10F3N3OS2/c1-26-23(29)21(34-24(26)33)15-18-16-28(19-5-3-2-4-6-19)25-22(18)17-7-9-20(10-8-17)35(30,31)27-11-13-32-14-12-27;1-22-19(24)17(26-20(22)25)12-15-13-23(16-10-6-3-7-11-16)21-18(15)14-8-4-2-5-9-14;1-24-18(26)16(28-19(24)27)7-12-10-25(15-5-4-13(20)8-14(15)21)23-17(12)11-3-2-6-22-9-11;1-20-17(22)15(25-18(20)23)10-12-11-21(13-6-3-2-4-7-13)19-16(12)14-8-5-9-24-14;1-21-13(22)11(24-14(21)23)6-9-7-19-20-12(9)8-2-4-10(5-3-8)15(16,17)18/h2-10,15-16H,11-14H2,1H3;2-13H,1H3;2-10H,1H3;2-11H,1H3;2-7,22H,1H3/b21-15-;17-12-;16-7-;15-10-;. The summed E-state index contributed by atoms with van der Waals surface area (Å²) in [7, 11) is 4.70. The number of aromatic nitrogens is 10. The lowest BCUT2D eigenvalue weighted by Crippen LogP contribution is -2.40. The number of para-hydroxylation sites is 3. The molecular weight excluding hydrogens is 2000 g/mol. The average molecular weight is 2070 g/mol. The van der Waals surface area contributed by atoms with E-state index in [0.717, 1.165) is 85.4 Å². The molecule has 138 heavy (non-hydrogen) atoms. The molecule has 696 valence electrons. The summed E-state index contributed by atoms with van der Waals surface area (Å²) in [6.07, 6.45) is 16.5. The Morgan fingerprint density at radius 3 is 1.30 bits per heavy atom. The fourth-order valence-electron chi connectivity index (χ4n) is 13.9. The van der Waals surface area contributed by atoms with Crippen molar-refractivity contribution in [3.63, 3.8) is 0 Å². The van der Waals surface area contributed by atoms with Crippen LogP contribution in [0.2, 0.25) is 0 Å². The molecule has 20 rings (SSSR count). The number of amides is 4. The highest BCUT2D eigenvalue weighted by Gasteiger charge is 2.36. The summed E-state index contributed by atoms with van der Waals surface area (Å²) in [4.78, 5) is 63.5. The van der Waals surface area contributed by atoms with E-state index in [1.165, 1.54) is 116 Å². The van der Waals surface area contributed by atoms with Crippen LogP contribution in [0.25, 0.3) is 97.5 Å². The molecule has 6 aliphatic heterocycles. The first-order valence-electron chi connectivity index (χ1n) is 41.3. The number of pyridine rings is 1. The van der Waals surface area contributed by atoms with Gasteiger partial charge in [0, 0.05) is 142 Å². The Balaban J connectivity index is 0.000000126. The minimum absolute atomic E-state index is 0.0181. The average Bonchev–Trinajstić information content (AvgIpc) is 1.63. The molecule has 4 amide bonds. The van der Waals surface area contributed by atoms with Crippen molar-refractivity contribution in [3.8, 4) is 73.0 Å². The van der Waals surface area contributed by atoms with Crippen molar-refractivity contribution in [1.82, 2.24) is 72.6 Å². The Labute approximate surface area is 838 Å². The molecule has 0 radical (unpaired) electrons. The smallest absolute Gasteiger partial charge is 0.416 e. The van der Waals surface area contributed by atoms with Gasteiger partial charge in [-0.15, -0.1) is 27.8 Å². The number of thiocarbonyl (C=S) groups is 4. The number of likely N-dealkylation sites (N-methyl/N-ethyl adjacent to an activating group) is 4. The fraction of sp³-hybridized carbons (Fsp3) is 0.104. The highest BCUT2D eigenvalue weighted by molar-refractivity contribution is 8.28. The van der Waals surface area contributed by atoms with Gasteiger partial charge in [0.2, 0.25) is 15.9 Å². The number of thiazole rings is 1. The molecule has 0 aliphatic carbocycles. The molecule has 7 aromatic carbocycles. The van der Waals surface area contributed by atoms with Crippen LogP contribution < -0.4 is 0 Å². The number of halogens is 5. The largest absolute Gasteiger partial charge is 0.493 e. The lowest BCUT2D eigenvalue weighted by molar-refractivity contribution is -0.137. The van der Waals surface area contributed by atoms with E-state index in [9.17, 15) is 54.7 Å². The number of alkyl halides is 3. The summed E-state index contributed by atoms with van der Waals surface area (Å²) < 4.78 is 109. The van der Waals surface area contributed by atoms with E-state index in [4.69, 9.17) is 81.1 Å². The molecule has 5 saturated heterocycles. The van der Waals surface area contributed by atoms with Gasteiger partial charge in [0.1, 0.15) is 45.9 Å². The quantitative estimate of drug-likeness (QED) is 0.0535. The van der Waals surface area contributed by atoms with E-state index >= 15 is 0 Å². The number of allylic oxidation sites excluding steroid dienone is 1. The number of aromatic hydroxyl groups is 1. The van der Waals surface area contributed by atoms with Gasteiger partial charge >= 0.3 is 6.18 Å². The Bertz CT molecular complexity index is 7510. The molecule has 0 saturated carbocycles. The molecule has 0 spiro atoms. The predicted octanol–water partition coefficient (Wildman–Crippen LogP) is 20.6. The zero-order valence-electron chi connectivity index (χ0n) is 72.7. The Morgan fingerprint density at radius 2 is 0.891 bits per heavy atom. The van der Waals surface area contributed by atoms with Gasteiger partial charge in [-0.1, -0.05) is 211 Å². The molecule has 6 aliphatic rings. The van der Waals surface area contributed by atoms with E-state index in [2.05, 4.69) is 20.3 Å². The van der Waals surface area contributed by atoms with Crippen molar-refractivity contribution in [2.45, 2.75) is 11.1 Å². The van der Waals surface area contributed by atoms with Gasteiger partial charge in [0.15, 0.2) is 9.77 Å². The number of ether oxygens (including phenoxy) is 1. The second-order valence-corrected chi connectivity index (χ2v) is 41.4. The number of hydrogen-bond donors (Lipinski definition) is 1. The number of hydrogen-bond acceptors (Lipinski definition) is 26. The monoisotopic (exact) mass is 2070 g/mol. The molecule has 1 N–H and O–H groups in total. The van der Waals surface area contributed by atoms with Gasteiger partial charge in [-0.25, -0.2) is 35.9 Å². The summed E-state index contributed by atoms with van der Waals surface area (Å²) in [5, 5.41) is 38.5. The summed E-state index contributed by atoms with van der Waals surface area (Å²) in [6, 6.07) is 61.6. The van der Waals surface area contributed by atoms with Gasteiger partial charge in [-0.05, 0) is 139 Å². The molecular formula is C96H72F5N17O8S12. The summed E-state index contributed by atoms with van der Waals surface area (Å²) in [6.45, 7) is 1.46. The first-order chi connectivity index (χ1) is 66.3. The first kappa shape index (κ1) is 98.1. The summed E-state index contributed by atoms with van der Waals surface area (Å²) >= 11 is 33.9. The normalized spacial score (nSPS) is 16.6. The van der Waals surface area contributed by atoms with Gasteiger partial charge < -0.3 is 9.84 Å². The number of carbonyl (C=O) groups is 4. The third-order valence-electron chi connectivity index (χ3n) is 21.2. The number of sulfonamides is 1. The lowest BCUT2D eigenvalue weighted by Gasteiger charge is -2.26. The molecule has 13 heterocycles. The molecule has 0 atom stereocenters. The number of benzene rings is 7. The van der Waals surface area contributed by atoms with E-state index in [1.54, 1.807) is 118 Å². The summed E-state index contributed by atoms with van der Waals surface area (Å²) in [5.74, 6) is -1.92. The van der Waals surface area contributed by atoms with Crippen molar-refractivity contribution in [2.24, 2.45) is 17.3 Å². The zero-order chi connectivity index (χ0) is 97.4. The molecule has 0 unspecified atom stereocenters. The minimum atomic E-state index is -4.39. The molecule has 14 aromatic rings. The van der Waals surface area contributed by atoms with Crippen molar-refractivity contribution in [1.29, 1.82) is 0 Å². The SMILES string of the molecule is CN1C(=O)/C(=C/c2cn(-c3ccc(F)cc3F)nc2-c2cccnc2)SC1=S.CN1C(=O)/C(=C/c2cn(-c3ccccc3)nc2-c2ccc(S(=O)(=O)N3CCOCC3)cc2)SC1=S.CN1C(=O)/C(=C/c2cn(-c3ccccc3)nc2-c2ccccc2)SC1=S.CN1C(=O)/C(=C/c2cn(-c3ccccc3)nc2-c2cccs2)SC1=S.Cn1c(O)c(C=C2C=NN=C2c2ccc(C(F)(F)F)cc2)sc1=S. The predicted molar refractivity (Wildman–Crippen MR) is 555 cm³/mol. The third kappa shape index (κ3) is 22.3. The minimum Gasteiger partial charge on any atom is -0.493 e. The van der Waals surface area contributed by atoms with Crippen LogP contribution >= 0.6 is 131 Å². The first-order valence-corrected chi connectivity index (χ1v) is 49.7. The van der Waals surface area contributed by atoms with E-state index < -0.39 is 33.4 Å². The molecule has 5 fully saturated rings. The van der Waals surface area contributed by atoms with Gasteiger partial charge in [-0.2, -0.15) is 43.0 Å². The maximum atomic E-state index is 14.2.